The molecule has 0 heterocycles. The summed E-state index contributed by atoms with van der Waals surface area (Å²) in [5.74, 6) is 0.594. The molecule has 0 aromatic heterocycles. The lowest BCUT2D eigenvalue weighted by molar-refractivity contribution is -0.0520. The first-order valence-electron chi connectivity index (χ1n) is 9.43. The van der Waals surface area contributed by atoms with E-state index >= 15 is 0 Å². The SMILES string of the molecule is CCOc1cccc(CNC(=NC)NCc2ccc(C(=O)NC)cc2)c1OC(F)F. The zero-order valence-electron chi connectivity index (χ0n) is 17.2. The van der Waals surface area contributed by atoms with Crippen molar-refractivity contribution in [2.24, 2.45) is 4.99 Å². The van der Waals surface area contributed by atoms with Crippen molar-refractivity contribution in [3.63, 3.8) is 0 Å². The number of halogens is 2. The number of benzene rings is 2. The third-order valence-corrected chi connectivity index (χ3v) is 4.14. The molecule has 0 aliphatic rings. The molecule has 0 aliphatic heterocycles. The maximum absolute atomic E-state index is 12.8. The highest BCUT2D eigenvalue weighted by atomic mass is 19.3. The molecule has 30 heavy (non-hydrogen) atoms. The molecule has 0 radical (unpaired) electrons. The van der Waals surface area contributed by atoms with Crippen molar-refractivity contribution in [1.29, 1.82) is 0 Å². The Bertz CT molecular complexity index is 858. The van der Waals surface area contributed by atoms with Crippen LogP contribution in [0.4, 0.5) is 8.78 Å². The highest BCUT2D eigenvalue weighted by Gasteiger charge is 2.16. The van der Waals surface area contributed by atoms with Crippen LogP contribution < -0.4 is 25.4 Å². The minimum Gasteiger partial charge on any atom is -0.490 e. The topological polar surface area (TPSA) is 84.0 Å². The summed E-state index contributed by atoms with van der Waals surface area (Å²) in [4.78, 5) is 15.7. The summed E-state index contributed by atoms with van der Waals surface area (Å²) in [7, 11) is 3.19. The fourth-order valence-corrected chi connectivity index (χ4v) is 2.70. The van der Waals surface area contributed by atoms with Gasteiger partial charge in [-0.3, -0.25) is 9.79 Å². The number of carbonyl (C=O) groups excluding carboxylic acids is 1. The number of hydrogen-bond donors (Lipinski definition) is 3. The highest BCUT2D eigenvalue weighted by molar-refractivity contribution is 5.93. The summed E-state index contributed by atoms with van der Waals surface area (Å²) in [5, 5.41) is 8.78. The number of carbonyl (C=O) groups is 1. The van der Waals surface area contributed by atoms with E-state index in [1.165, 1.54) is 0 Å². The second kappa shape index (κ2) is 11.6. The number of nitrogens with one attached hydrogen (secondary N) is 3. The highest BCUT2D eigenvalue weighted by Crippen LogP contribution is 2.32. The number of rotatable bonds is 9. The quantitative estimate of drug-likeness (QED) is 0.429. The Morgan fingerprint density at radius 1 is 1.10 bits per heavy atom. The normalized spacial score (nSPS) is 11.2. The van der Waals surface area contributed by atoms with E-state index in [0.29, 0.717) is 30.2 Å². The monoisotopic (exact) mass is 420 g/mol. The number of alkyl halides is 2. The fraction of sp³-hybridized carbons (Fsp3) is 0.333. The number of amides is 1. The van der Waals surface area contributed by atoms with Gasteiger partial charge in [-0.05, 0) is 30.7 Å². The zero-order chi connectivity index (χ0) is 21.9. The van der Waals surface area contributed by atoms with E-state index in [2.05, 4.69) is 25.7 Å². The Kier molecular flexibility index (Phi) is 8.86. The summed E-state index contributed by atoms with van der Waals surface area (Å²) in [6.07, 6.45) is 0. The predicted octanol–water partition coefficient (Wildman–Crippen LogP) is 2.91. The van der Waals surface area contributed by atoms with E-state index in [4.69, 9.17) is 4.74 Å². The predicted molar refractivity (Wildman–Crippen MR) is 111 cm³/mol. The van der Waals surface area contributed by atoms with Gasteiger partial charge in [0.1, 0.15) is 0 Å². The first-order valence-corrected chi connectivity index (χ1v) is 9.43. The minimum absolute atomic E-state index is 0.00194. The molecule has 0 fully saturated rings. The zero-order valence-corrected chi connectivity index (χ0v) is 17.2. The van der Waals surface area contributed by atoms with E-state index in [9.17, 15) is 13.6 Å². The first kappa shape index (κ1) is 22.9. The van der Waals surface area contributed by atoms with Crippen molar-refractivity contribution in [3.8, 4) is 11.5 Å². The molecule has 0 atom stereocenters. The van der Waals surface area contributed by atoms with Crippen molar-refractivity contribution in [2.75, 3.05) is 20.7 Å². The number of guanidine groups is 1. The van der Waals surface area contributed by atoms with Crippen molar-refractivity contribution in [2.45, 2.75) is 26.6 Å². The molecule has 3 N–H and O–H groups in total. The number of ether oxygens (including phenoxy) is 2. The maximum Gasteiger partial charge on any atom is 0.387 e. The average Bonchev–Trinajstić information content (AvgIpc) is 2.75. The molecule has 0 saturated carbocycles. The second-order valence-electron chi connectivity index (χ2n) is 6.11. The second-order valence-corrected chi connectivity index (χ2v) is 6.11. The van der Waals surface area contributed by atoms with Crippen molar-refractivity contribution >= 4 is 11.9 Å². The van der Waals surface area contributed by atoms with Crippen LogP contribution in [0, 0.1) is 0 Å². The smallest absolute Gasteiger partial charge is 0.387 e. The number of aliphatic imine (C=N–C) groups is 1. The third kappa shape index (κ3) is 6.61. The van der Waals surface area contributed by atoms with Crippen molar-refractivity contribution in [1.82, 2.24) is 16.0 Å². The molecule has 2 aromatic rings. The van der Waals surface area contributed by atoms with E-state index < -0.39 is 6.61 Å². The van der Waals surface area contributed by atoms with Gasteiger partial charge in [0.15, 0.2) is 17.5 Å². The van der Waals surface area contributed by atoms with Gasteiger partial charge in [0.05, 0.1) is 6.61 Å². The van der Waals surface area contributed by atoms with Gasteiger partial charge in [-0.25, -0.2) is 0 Å². The summed E-state index contributed by atoms with van der Waals surface area (Å²) < 4.78 is 35.7. The Labute approximate surface area is 174 Å². The van der Waals surface area contributed by atoms with Crippen LogP contribution in [0.2, 0.25) is 0 Å². The van der Waals surface area contributed by atoms with Gasteiger partial charge in [-0.1, -0.05) is 24.3 Å². The van der Waals surface area contributed by atoms with Gasteiger partial charge in [-0.15, -0.1) is 0 Å². The lowest BCUT2D eigenvalue weighted by atomic mass is 10.1. The Hall–Kier alpha value is -3.36. The van der Waals surface area contributed by atoms with Gasteiger partial charge in [0.2, 0.25) is 0 Å². The van der Waals surface area contributed by atoms with Crippen LogP contribution in [0.1, 0.15) is 28.4 Å². The molecule has 9 heteroatoms. The van der Waals surface area contributed by atoms with Crippen LogP contribution in [-0.2, 0) is 13.1 Å². The van der Waals surface area contributed by atoms with Gasteiger partial charge in [-0.2, -0.15) is 8.78 Å². The number of nitrogens with zero attached hydrogens (tertiary/aromatic N) is 1. The van der Waals surface area contributed by atoms with Crippen LogP contribution in [-0.4, -0.2) is 39.2 Å². The number of hydrogen-bond acceptors (Lipinski definition) is 4. The molecular weight excluding hydrogens is 394 g/mol. The number of para-hydroxylation sites is 1. The van der Waals surface area contributed by atoms with Gasteiger partial charge in [0.25, 0.3) is 5.91 Å². The Balaban J connectivity index is 2.00. The van der Waals surface area contributed by atoms with E-state index in [0.717, 1.165) is 5.56 Å². The maximum atomic E-state index is 12.8. The molecule has 2 aromatic carbocycles. The first-order chi connectivity index (χ1) is 14.5. The largest absolute Gasteiger partial charge is 0.490 e. The Morgan fingerprint density at radius 3 is 2.40 bits per heavy atom. The molecule has 1 amide bonds. The molecule has 0 aliphatic carbocycles. The van der Waals surface area contributed by atoms with E-state index in [1.54, 1.807) is 51.4 Å². The van der Waals surface area contributed by atoms with Gasteiger partial charge in [0, 0.05) is 38.3 Å². The average molecular weight is 420 g/mol. The van der Waals surface area contributed by atoms with Crippen LogP contribution >= 0.6 is 0 Å². The molecule has 162 valence electrons. The minimum atomic E-state index is -2.96. The Morgan fingerprint density at radius 2 is 1.80 bits per heavy atom. The molecule has 7 nitrogen and oxygen atoms in total. The summed E-state index contributed by atoms with van der Waals surface area (Å²) in [5.41, 5.74) is 2.04. The lowest BCUT2D eigenvalue weighted by Gasteiger charge is -2.17. The van der Waals surface area contributed by atoms with Gasteiger partial charge >= 0.3 is 6.61 Å². The molecule has 0 bridgehead atoms. The van der Waals surface area contributed by atoms with Crippen molar-refractivity contribution in [3.05, 3.63) is 59.2 Å². The van der Waals surface area contributed by atoms with E-state index in [-0.39, 0.29) is 24.0 Å². The third-order valence-electron chi connectivity index (χ3n) is 4.14. The van der Waals surface area contributed by atoms with E-state index in [1.807, 2.05) is 12.1 Å². The van der Waals surface area contributed by atoms with Crippen LogP contribution in [0.15, 0.2) is 47.5 Å². The molecule has 0 saturated heterocycles. The molecule has 2 rings (SSSR count). The molecule has 0 unspecified atom stereocenters. The fourth-order valence-electron chi connectivity index (χ4n) is 2.70. The van der Waals surface area contributed by atoms with Gasteiger partial charge < -0.3 is 25.4 Å². The standard InChI is InChI=1S/C21H26F2N4O3/c1-4-29-17-7-5-6-16(18(17)30-20(22)23)13-27-21(25-3)26-12-14-8-10-15(11-9-14)19(28)24-2/h5-11,20H,4,12-13H2,1-3H3,(H,24,28)(H2,25,26,27). The molecule has 0 spiro atoms. The molecular formula is C21H26F2N4O3. The van der Waals surface area contributed by atoms with Crippen LogP contribution in [0.3, 0.4) is 0 Å². The van der Waals surface area contributed by atoms with Crippen molar-refractivity contribution < 1.29 is 23.0 Å². The summed E-state index contributed by atoms with van der Waals surface area (Å²) in [6.45, 7) is -0.186. The van der Waals surface area contributed by atoms with Crippen LogP contribution in [0.5, 0.6) is 11.5 Å². The van der Waals surface area contributed by atoms with Crippen LogP contribution in [0.25, 0.3) is 0 Å². The summed E-state index contributed by atoms with van der Waals surface area (Å²) in [6, 6.07) is 12.1. The lowest BCUT2D eigenvalue weighted by Crippen LogP contribution is -2.36. The summed E-state index contributed by atoms with van der Waals surface area (Å²) >= 11 is 0.